The van der Waals surface area contributed by atoms with E-state index in [1.807, 2.05) is 0 Å². The molecule has 6 heteroatoms. The maximum Gasteiger partial charge on any atom is 0.338 e. The van der Waals surface area contributed by atoms with Crippen molar-refractivity contribution in [1.82, 2.24) is 10.3 Å². The van der Waals surface area contributed by atoms with E-state index in [2.05, 4.69) is 22.2 Å². The second kappa shape index (κ2) is 8.47. The number of nitrogens with zero attached hydrogens (tertiary/aromatic N) is 1. The van der Waals surface area contributed by atoms with Crippen molar-refractivity contribution in [2.24, 2.45) is 0 Å². The Balaban J connectivity index is 2.07. The normalized spacial score (nSPS) is 9.88. The quantitative estimate of drug-likeness (QED) is 0.604. The fourth-order valence-electron chi connectivity index (χ4n) is 1.96. The van der Waals surface area contributed by atoms with Crippen LogP contribution in [0.2, 0.25) is 0 Å². The monoisotopic (exact) mass is 325 g/mol. The molecule has 2 rings (SSSR count). The van der Waals surface area contributed by atoms with Crippen molar-refractivity contribution in [2.75, 3.05) is 18.5 Å². The number of carbonyl (C=O) groups excluding carboxylic acids is 2. The fourth-order valence-corrected chi connectivity index (χ4v) is 1.96. The Morgan fingerprint density at radius 1 is 1.21 bits per heavy atom. The van der Waals surface area contributed by atoms with Crippen LogP contribution in [0.1, 0.15) is 27.8 Å². The molecule has 0 aliphatic heterocycles. The van der Waals surface area contributed by atoms with Crippen molar-refractivity contribution in [3.05, 3.63) is 66.5 Å². The van der Waals surface area contributed by atoms with Crippen molar-refractivity contribution in [2.45, 2.75) is 6.92 Å². The first-order chi connectivity index (χ1) is 11.6. The van der Waals surface area contributed by atoms with Gasteiger partial charge in [0.1, 0.15) is 5.69 Å². The molecule has 0 saturated heterocycles. The molecule has 1 aromatic heterocycles. The van der Waals surface area contributed by atoms with Crippen molar-refractivity contribution < 1.29 is 14.3 Å². The van der Waals surface area contributed by atoms with Crippen LogP contribution in [0.3, 0.4) is 0 Å². The average Bonchev–Trinajstić information content (AvgIpc) is 2.60. The second-order valence-electron chi connectivity index (χ2n) is 4.85. The summed E-state index contributed by atoms with van der Waals surface area (Å²) in [7, 11) is 0. The number of aromatic nitrogens is 1. The van der Waals surface area contributed by atoms with Crippen LogP contribution in [0.5, 0.6) is 0 Å². The maximum absolute atomic E-state index is 11.9. The Bertz CT molecular complexity index is 727. The molecule has 0 spiro atoms. The van der Waals surface area contributed by atoms with E-state index in [-0.39, 0.29) is 11.9 Å². The third kappa shape index (κ3) is 4.67. The number of nitrogens with one attached hydrogen (secondary N) is 2. The molecule has 24 heavy (non-hydrogen) atoms. The molecular weight excluding hydrogens is 306 g/mol. The molecule has 1 heterocycles. The second-order valence-corrected chi connectivity index (χ2v) is 4.85. The number of esters is 1. The molecule has 1 aromatic carbocycles. The number of ether oxygens (including phenoxy) is 1. The number of carbonyl (C=O) groups is 2. The van der Waals surface area contributed by atoms with Gasteiger partial charge in [0, 0.05) is 24.1 Å². The van der Waals surface area contributed by atoms with Crippen LogP contribution >= 0.6 is 0 Å². The Kier molecular flexibility index (Phi) is 6.08. The van der Waals surface area contributed by atoms with Crippen LogP contribution in [0.15, 0.2) is 55.3 Å². The zero-order chi connectivity index (χ0) is 17.4. The van der Waals surface area contributed by atoms with Gasteiger partial charge in [-0.1, -0.05) is 6.08 Å². The predicted octanol–water partition coefficient (Wildman–Crippen LogP) is 2.92. The van der Waals surface area contributed by atoms with Crippen molar-refractivity contribution in [3.63, 3.8) is 0 Å². The van der Waals surface area contributed by atoms with Crippen LogP contribution < -0.4 is 10.6 Å². The van der Waals surface area contributed by atoms with Crippen LogP contribution in [0.25, 0.3) is 0 Å². The molecular formula is C18H19N3O3. The Morgan fingerprint density at radius 3 is 2.62 bits per heavy atom. The lowest BCUT2D eigenvalue weighted by molar-refractivity contribution is 0.0526. The number of pyridine rings is 1. The zero-order valence-electron chi connectivity index (χ0n) is 13.4. The van der Waals surface area contributed by atoms with Crippen LogP contribution in [0.4, 0.5) is 11.4 Å². The summed E-state index contributed by atoms with van der Waals surface area (Å²) >= 11 is 0. The largest absolute Gasteiger partial charge is 0.462 e. The number of hydrogen-bond donors (Lipinski definition) is 2. The van der Waals surface area contributed by atoms with Gasteiger partial charge in [0.05, 0.1) is 12.2 Å². The van der Waals surface area contributed by atoms with Gasteiger partial charge in [-0.3, -0.25) is 9.78 Å². The highest BCUT2D eigenvalue weighted by Crippen LogP contribution is 2.17. The summed E-state index contributed by atoms with van der Waals surface area (Å²) in [6, 6.07) is 10.3. The highest BCUT2D eigenvalue weighted by Gasteiger charge is 2.08. The summed E-state index contributed by atoms with van der Waals surface area (Å²) in [4.78, 5) is 27.6. The van der Waals surface area contributed by atoms with Gasteiger partial charge < -0.3 is 15.4 Å². The van der Waals surface area contributed by atoms with E-state index in [1.54, 1.807) is 55.6 Å². The van der Waals surface area contributed by atoms with Gasteiger partial charge in [0.25, 0.3) is 5.91 Å². The molecule has 2 aromatic rings. The lowest BCUT2D eigenvalue weighted by Crippen LogP contribution is -2.24. The van der Waals surface area contributed by atoms with Gasteiger partial charge in [0.2, 0.25) is 0 Å². The number of hydrogen-bond acceptors (Lipinski definition) is 5. The van der Waals surface area contributed by atoms with Crippen LogP contribution in [0, 0.1) is 0 Å². The van der Waals surface area contributed by atoms with E-state index in [0.29, 0.717) is 24.4 Å². The Labute approximate surface area is 140 Å². The van der Waals surface area contributed by atoms with Gasteiger partial charge in [0.15, 0.2) is 0 Å². The minimum Gasteiger partial charge on any atom is -0.462 e. The van der Waals surface area contributed by atoms with E-state index in [1.165, 1.54) is 0 Å². The zero-order valence-corrected chi connectivity index (χ0v) is 13.4. The molecule has 1 amide bonds. The van der Waals surface area contributed by atoms with E-state index in [0.717, 1.165) is 11.4 Å². The van der Waals surface area contributed by atoms with Gasteiger partial charge in [-0.25, -0.2) is 4.79 Å². The average molecular weight is 325 g/mol. The Morgan fingerprint density at radius 2 is 1.96 bits per heavy atom. The molecule has 0 bridgehead atoms. The minimum atomic E-state index is -0.353. The number of rotatable bonds is 7. The van der Waals surface area contributed by atoms with E-state index >= 15 is 0 Å². The molecule has 0 radical (unpaired) electrons. The number of benzene rings is 1. The molecule has 2 N–H and O–H groups in total. The smallest absolute Gasteiger partial charge is 0.338 e. The van der Waals surface area contributed by atoms with Gasteiger partial charge in [-0.2, -0.15) is 0 Å². The molecule has 0 fully saturated rings. The van der Waals surface area contributed by atoms with E-state index in [4.69, 9.17) is 4.74 Å². The lowest BCUT2D eigenvalue weighted by atomic mass is 10.2. The molecule has 0 saturated carbocycles. The molecule has 0 aliphatic carbocycles. The lowest BCUT2D eigenvalue weighted by Gasteiger charge is -2.09. The summed E-state index contributed by atoms with van der Waals surface area (Å²) < 4.78 is 4.94. The maximum atomic E-state index is 11.9. The van der Waals surface area contributed by atoms with E-state index in [9.17, 15) is 9.59 Å². The molecule has 6 nitrogen and oxygen atoms in total. The molecule has 0 atom stereocenters. The van der Waals surface area contributed by atoms with Crippen LogP contribution in [-0.4, -0.2) is 30.0 Å². The standard InChI is InChI=1S/C18H19N3O3/c1-3-10-20-17(22)16-12-15(9-11-19-16)21-14-7-5-13(6-8-14)18(23)24-4-2/h3,5-9,11-12H,1,4,10H2,2H3,(H,19,21)(H,20,22). The first kappa shape index (κ1) is 17.2. The first-order valence-electron chi connectivity index (χ1n) is 7.53. The first-order valence-corrected chi connectivity index (χ1v) is 7.53. The summed E-state index contributed by atoms with van der Waals surface area (Å²) in [6.45, 7) is 6.04. The van der Waals surface area contributed by atoms with E-state index < -0.39 is 0 Å². The minimum absolute atomic E-state index is 0.267. The summed E-state index contributed by atoms with van der Waals surface area (Å²) in [5, 5.41) is 5.83. The number of anilines is 2. The van der Waals surface area contributed by atoms with Crippen molar-refractivity contribution >= 4 is 23.3 Å². The SMILES string of the molecule is C=CCNC(=O)c1cc(Nc2ccc(C(=O)OCC)cc2)ccn1. The fraction of sp³-hybridized carbons (Fsp3) is 0.167. The Hall–Kier alpha value is -3.15. The summed E-state index contributed by atoms with van der Waals surface area (Å²) in [6.07, 6.45) is 3.16. The summed E-state index contributed by atoms with van der Waals surface area (Å²) in [5.41, 5.74) is 2.30. The molecule has 0 aliphatic rings. The van der Waals surface area contributed by atoms with Gasteiger partial charge in [-0.15, -0.1) is 6.58 Å². The third-order valence-corrected chi connectivity index (χ3v) is 3.08. The predicted molar refractivity (Wildman–Crippen MR) is 92.4 cm³/mol. The topological polar surface area (TPSA) is 80.3 Å². The molecule has 0 unspecified atom stereocenters. The van der Waals surface area contributed by atoms with Crippen molar-refractivity contribution in [1.29, 1.82) is 0 Å². The highest BCUT2D eigenvalue weighted by atomic mass is 16.5. The van der Waals surface area contributed by atoms with Gasteiger partial charge >= 0.3 is 5.97 Å². The molecule has 124 valence electrons. The van der Waals surface area contributed by atoms with Gasteiger partial charge in [-0.05, 0) is 43.3 Å². The number of amides is 1. The van der Waals surface area contributed by atoms with Crippen LogP contribution in [-0.2, 0) is 4.74 Å². The third-order valence-electron chi connectivity index (χ3n) is 3.08. The highest BCUT2D eigenvalue weighted by molar-refractivity contribution is 5.93. The summed E-state index contributed by atoms with van der Waals surface area (Å²) in [5.74, 6) is -0.620. The van der Waals surface area contributed by atoms with Crippen molar-refractivity contribution in [3.8, 4) is 0 Å².